The zero-order chi connectivity index (χ0) is 12.4. The smallest absolute Gasteiger partial charge is 0.284 e. The minimum Gasteiger partial charge on any atom is -0.459 e. The molecule has 6 nitrogen and oxygen atoms in total. The van der Waals surface area contributed by atoms with E-state index in [-0.39, 0.29) is 0 Å². The van der Waals surface area contributed by atoms with Gasteiger partial charge < -0.3 is 13.4 Å². The molecule has 0 unspecified atom stereocenters. The van der Waals surface area contributed by atoms with E-state index in [9.17, 15) is 0 Å². The molecule has 3 aromatic rings. The van der Waals surface area contributed by atoms with Crippen LogP contribution in [0, 0.1) is 6.92 Å². The highest BCUT2D eigenvalue weighted by Crippen LogP contribution is 2.25. The van der Waals surface area contributed by atoms with Gasteiger partial charge >= 0.3 is 0 Å². The van der Waals surface area contributed by atoms with Crippen LogP contribution < -0.4 is 0 Å². The monoisotopic (exact) mass is 263 g/mol. The van der Waals surface area contributed by atoms with E-state index in [1.54, 1.807) is 18.4 Å². The zero-order valence-electron chi connectivity index (χ0n) is 9.49. The lowest BCUT2D eigenvalue weighted by Gasteiger charge is -1.90. The molecule has 0 fully saturated rings. The van der Waals surface area contributed by atoms with Crippen molar-refractivity contribution in [3.05, 3.63) is 35.9 Å². The lowest BCUT2D eigenvalue weighted by atomic mass is 10.4. The molecule has 0 N–H and O–H groups in total. The standard InChI is InChI=1S/C11H9N3O3S/c1-7-5-8(17-14-7)6-18-11-13-12-10(16-11)9-3-2-4-15-9/h2-5H,6H2,1H3. The van der Waals surface area contributed by atoms with Gasteiger partial charge in [0.2, 0.25) is 0 Å². The lowest BCUT2D eigenvalue weighted by Crippen LogP contribution is -1.76. The van der Waals surface area contributed by atoms with Crippen LogP contribution in [0.1, 0.15) is 11.5 Å². The van der Waals surface area contributed by atoms with Crippen LogP contribution in [0.4, 0.5) is 0 Å². The Morgan fingerprint density at radius 2 is 2.28 bits per heavy atom. The molecule has 0 saturated heterocycles. The molecule has 7 heteroatoms. The Bertz CT molecular complexity index is 630. The molecule has 3 rings (SSSR count). The Morgan fingerprint density at radius 3 is 3.00 bits per heavy atom. The Labute approximate surface area is 106 Å². The summed E-state index contributed by atoms with van der Waals surface area (Å²) < 4.78 is 15.7. The van der Waals surface area contributed by atoms with Crippen LogP contribution in [-0.4, -0.2) is 15.4 Å². The average molecular weight is 263 g/mol. The molecule has 0 radical (unpaired) electrons. The van der Waals surface area contributed by atoms with Gasteiger partial charge in [-0.3, -0.25) is 0 Å². The lowest BCUT2D eigenvalue weighted by molar-refractivity contribution is 0.390. The Hall–Kier alpha value is -2.02. The molecule has 0 saturated carbocycles. The van der Waals surface area contributed by atoms with Gasteiger partial charge in [-0.2, -0.15) is 0 Å². The van der Waals surface area contributed by atoms with Gasteiger partial charge in [0.15, 0.2) is 5.76 Å². The third kappa shape index (κ3) is 2.30. The highest BCUT2D eigenvalue weighted by molar-refractivity contribution is 7.98. The fraction of sp³-hybridized carbons (Fsp3) is 0.182. The highest BCUT2D eigenvalue weighted by Gasteiger charge is 2.12. The van der Waals surface area contributed by atoms with E-state index in [4.69, 9.17) is 13.4 Å². The molecule has 0 amide bonds. The van der Waals surface area contributed by atoms with Gasteiger partial charge in [0.25, 0.3) is 11.1 Å². The Balaban J connectivity index is 1.67. The van der Waals surface area contributed by atoms with E-state index >= 15 is 0 Å². The first-order valence-electron chi connectivity index (χ1n) is 5.23. The Morgan fingerprint density at radius 1 is 1.33 bits per heavy atom. The predicted molar refractivity (Wildman–Crippen MR) is 62.8 cm³/mol. The summed E-state index contributed by atoms with van der Waals surface area (Å²) in [4.78, 5) is 0. The van der Waals surface area contributed by atoms with Crippen molar-refractivity contribution >= 4 is 11.8 Å². The molecule has 0 bridgehead atoms. The molecule has 92 valence electrons. The van der Waals surface area contributed by atoms with Crippen LogP contribution in [0.3, 0.4) is 0 Å². The second kappa shape index (κ2) is 4.69. The van der Waals surface area contributed by atoms with E-state index in [0.717, 1.165) is 11.5 Å². The number of furan rings is 1. The summed E-state index contributed by atoms with van der Waals surface area (Å²) >= 11 is 1.39. The summed E-state index contributed by atoms with van der Waals surface area (Å²) in [7, 11) is 0. The minimum absolute atomic E-state index is 0.372. The summed E-state index contributed by atoms with van der Waals surface area (Å²) in [6.45, 7) is 1.87. The zero-order valence-corrected chi connectivity index (χ0v) is 10.3. The number of hydrogen-bond donors (Lipinski definition) is 0. The van der Waals surface area contributed by atoms with Crippen molar-refractivity contribution in [1.29, 1.82) is 0 Å². The minimum atomic E-state index is 0.372. The molecular weight excluding hydrogens is 254 g/mol. The SMILES string of the molecule is Cc1cc(CSc2nnc(-c3ccco3)o2)on1. The second-order valence-electron chi connectivity index (χ2n) is 3.57. The summed E-state index contributed by atoms with van der Waals surface area (Å²) in [5, 5.41) is 12.1. The van der Waals surface area contributed by atoms with Crippen molar-refractivity contribution < 1.29 is 13.4 Å². The third-order valence-corrected chi connectivity index (χ3v) is 2.99. The van der Waals surface area contributed by atoms with Crippen molar-refractivity contribution in [3.63, 3.8) is 0 Å². The highest BCUT2D eigenvalue weighted by atomic mass is 32.2. The molecule has 0 atom stereocenters. The van der Waals surface area contributed by atoms with Gasteiger partial charge in [0.05, 0.1) is 17.7 Å². The molecule has 0 spiro atoms. The van der Waals surface area contributed by atoms with Crippen LogP contribution in [0.5, 0.6) is 0 Å². The largest absolute Gasteiger partial charge is 0.459 e. The van der Waals surface area contributed by atoms with Crippen molar-refractivity contribution in [2.24, 2.45) is 0 Å². The van der Waals surface area contributed by atoms with E-state index in [1.165, 1.54) is 11.8 Å². The molecule has 3 heterocycles. The first kappa shape index (κ1) is 11.1. The van der Waals surface area contributed by atoms with E-state index in [0.29, 0.717) is 22.6 Å². The first-order valence-corrected chi connectivity index (χ1v) is 6.22. The molecule has 0 aromatic carbocycles. The maximum absolute atomic E-state index is 5.44. The maximum atomic E-state index is 5.44. The first-order chi connectivity index (χ1) is 8.81. The molecule has 18 heavy (non-hydrogen) atoms. The molecule has 0 aliphatic rings. The molecule has 3 aromatic heterocycles. The van der Waals surface area contributed by atoms with Gasteiger partial charge in [0, 0.05) is 6.07 Å². The van der Waals surface area contributed by atoms with Gasteiger partial charge in [-0.25, -0.2) is 0 Å². The number of thioether (sulfide) groups is 1. The quantitative estimate of drug-likeness (QED) is 0.669. The van der Waals surface area contributed by atoms with Crippen molar-refractivity contribution in [2.45, 2.75) is 17.9 Å². The summed E-state index contributed by atoms with van der Waals surface area (Å²) in [5.41, 5.74) is 0.854. The third-order valence-electron chi connectivity index (χ3n) is 2.15. The van der Waals surface area contributed by atoms with E-state index in [2.05, 4.69) is 15.4 Å². The molecule has 0 aliphatic carbocycles. The second-order valence-corrected chi connectivity index (χ2v) is 4.50. The molecular formula is C11H9N3O3S. The number of aromatic nitrogens is 3. The topological polar surface area (TPSA) is 78.1 Å². The Kier molecular flexibility index (Phi) is 2.89. The number of nitrogens with zero attached hydrogens (tertiary/aromatic N) is 3. The number of rotatable bonds is 4. The van der Waals surface area contributed by atoms with Crippen LogP contribution in [-0.2, 0) is 5.75 Å². The van der Waals surface area contributed by atoms with Gasteiger partial charge in [0.1, 0.15) is 5.76 Å². The summed E-state index contributed by atoms with van der Waals surface area (Å²) in [6.07, 6.45) is 1.56. The van der Waals surface area contributed by atoms with Gasteiger partial charge in [-0.15, -0.1) is 10.2 Å². The van der Waals surface area contributed by atoms with Crippen LogP contribution >= 0.6 is 11.8 Å². The van der Waals surface area contributed by atoms with E-state index < -0.39 is 0 Å². The average Bonchev–Trinajstić information content (AvgIpc) is 3.07. The fourth-order valence-corrected chi connectivity index (χ4v) is 2.02. The van der Waals surface area contributed by atoms with Gasteiger partial charge in [-0.05, 0) is 19.1 Å². The normalized spacial score (nSPS) is 10.9. The van der Waals surface area contributed by atoms with Crippen molar-refractivity contribution in [3.8, 4) is 11.7 Å². The van der Waals surface area contributed by atoms with Crippen LogP contribution in [0.2, 0.25) is 0 Å². The fourth-order valence-electron chi connectivity index (χ4n) is 1.39. The van der Waals surface area contributed by atoms with Crippen LogP contribution in [0.25, 0.3) is 11.7 Å². The van der Waals surface area contributed by atoms with Crippen molar-refractivity contribution in [1.82, 2.24) is 15.4 Å². The number of aryl methyl sites for hydroxylation is 1. The summed E-state index contributed by atoms with van der Waals surface area (Å²) in [5.74, 6) is 2.30. The number of hydrogen-bond acceptors (Lipinski definition) is 7. The van der Waals surface area contributed by atoms with Crippen LogP contribution in [0.15, 0.2) is 43.0 Å². The van der Waals surface area contributed by atoms with Crippen molar-refractivity contribution in [2.75, 3.05) is 0 Å². The predicted octanol–water partition coefficient (Wildman–Crippen LogP) is 2.92. The molecule has 0 aliphatic heterocycles. The van der Waals surface area contributed by atoms with E-state index in [1.807, 2.05) is 13.0 Å². The van der Waals surface area contributed by atoms with Gasteiger partial charge in [-0.1, -0.05) is 16.9 Å². The maximum Gasteiger partial charge on any atom is 0.284 e. The summed E-state index contributed by atoms with van der Waals surface area (Å²) in [6, 6.07) is 5.40.